The zero-order valence-electron chi connectivity index (χ0n) is 7.30. The van der Waals surface area contributed by atoms with Gasteiger partial charge in [-0.05, 0) is 23.9 Å². The van der Waals surface area contributed by atoms with Gasteiger partial charge in [0.2, 0.25) is 0 Å². The van der Waals surface area contributed by atoms with Crippen molar-refractivity contribution in [2.45, 2.75) is 37.1 Å². The van der Waals surface area contributed by atoms with E-state index < -0.39 is 24.3 Å². The van der Waals surface area contributed by atoms with Crippen molar-refractivity contribution in [3.05, 3.63) is 20.9 Å². The number of rotatable bonds is 2. The first kappa shape index (κ1) is 10.6. The third-order valence-electron chi connectivity index (χ3n) is 2.22. The summed E-state index contributed by atoms with van der Waals surface area (Å²) in [5.41, 5.74) is 16.4. The molecule has 0 spiro atoms. The van der Waals surface area contributed by atoms with Gasteiger partial charge in [-0.25, -0.2) is 0 Å². The zero-order valence-corrected chi connectivity index (χ0v) is 7.30. The average Bonchev–Trinajstić information content (AvgIpc) is 2.12. The predicted molar refractivity (Wildman–Crippen MR) is 47.1 cm³/mol. The first-order valence-electron chi connectivity index (χ1n) is 4.13. The molecule has 1 fully saturated rings. The van der Waals surface area contributed by atoms with Crippen LogP contribution >= 0.6 is 0 Å². The molecule has 1 aliphatic carbocycles. The second-order valence-corrected chi connectivity index (χ2v) is 3.16. The Morgan fingerprint density at radius 2 is 1.50 bits per heavy atom. The van der Waals surface area contributed by atoms with Gasteiger partial charge in [0, 0.05) is 15.9 Å². The zero-order chi connectivity index (χ0) is 10.6. The van der Waals surface area contributed by atoms with E-state index in [0.717, 1.165) is 0 Å². The molecular weight excluding hydrogens is 188 g/mol. The molecule has 76 valence electrons. The van der Waals surface area contributed by atoms with Crippen LogP contribution in [0.3, 0.4) is 0 Å². The van der Waals surface area contributed by atoms with Crippen LogP contribution in [0.25, 0.3) is 20.9 Å². The van der Waals surface area contributed by atoms with E-state index in [1.54, 1.807) is 0 Å². The smallest absolute Gasteiger partial charge is 0.0892 e. The molecule has 2 atom stereocenters. The molecule has 0 aromatic carbocycles. The maximum absolute atomic E-state index is 9.46. The lowest BCUT2D eigenvalue weighted by Gasteiger charge is -2.32. The van der Waals surface area contributed by atoms with Gasteiger partial charge in [-0.15, -0.1) is 0 Å². The van der Waals surface area contributed by atoms with Gasteiger partial charge in [0.1, 0.15) is 0 Å². The minimum absolute atomic E-state index is 0.213. The van der Waals surface area contributed by atoms with Crippen LogP contribution in [0.2, 0.25) is 0 Å². The summed E-state index contributed by atoms with van der Waals surface area (Å²) in [6.07, 6.45) is -1.48. The van der Waals surface area contributed by atoms with Gasteiger partial charge < -0.3 is 10.2 Å². The Hall–Kier alpha value is -1.46. The largest absolute Gasteiger partial charge is 0.393 e. The first-order valence-corrected chi connectivity index (χ1v) is 4.13. The molecule has 0 bridgehead atoms. The van der Waals surface area contributed by atoms with Crippen molar-refractivity contribution >= 4 is 0 Å². The lowest BCUT2D eigenvalue weighted by atomic mass is 9.87. The van der Waals surface area contributed by atoms with Gasteiger partial charge in [0.25, 0.3) is 0 Å². The van der Waals surface area contributed by atoms with Crippen LogP contribution in [-0.2, 0) is 0 Å². The van der Waals surface area contributed by atoms with Crippen molar-refractivity contribution in [2.75, 3.05) is 0 Å². The lowest BCUT2D eigenvalue weighted by molar-refractivity contribution is 0.0101. The topological polar surface area (TPSA) is 138 Å². The molecule has 0 aliphatic heterocycles. The van der Waals surface area contributed by atoms with Crippen LogP contribution < -0.4 is 0 Å². The van der Waals surface area contributed by atoms with E-state index in [9.17, 15) is 10.2 Å². The fourth-order valence-electron chi connectivity index (χ4n) is 1.57. The Balaban J connectivity index is 2.71. The number of hydrogen-bond acceptors (Lipinski definition) is 4. The second kappa shape index (κ2) is 4.69. The minimum atomic E-state index is -0.954. The maximum Gasteiger partial charge on any atom is 0.0892 e. The molecule has 2 unspecified atom stereocenters. The number of azide groups is 2. The minimum Gasteiger partial charge on any atom is -0.393 e. The highest BCUT2D eigenvalue weighted by atomic mass is 16.3. The van der Waals surface area contributed by atoms with Gasteiger partial charge >= 0.3 is 0 Å². The normalized spacial score (nSPS) is 36.7. The Labute approximate surface area is 79.4 Å². The quantitative estimate of drug-likeness (QED) is 0.386. The van der Waals surface area contributed by atoms with E-state index in [1.807, 2.05) is 0 Å². The summed E-state index contributed by atoms with van der Waals surface area (Å²) in [4.78, 5) is 5.13. The Morgan fingerprint density at radius 1 is 1.00 bits per heavy atom. The Bertz CT molecular complexity index is 283. The van der Waals surface area contributed by atoms with Gasteiger partial charge in [-0.2, -0.15) is 0 Å². The van der Waals surface area contributed by atoms with Crippen molar-refractivity contribution < 1.29 is 10.2 Å². The number of aliphatic hydroxyl groups excluding tert-OH is 2. The van der Waals surface area contributed by atoms with E-state index in [-0.39, 0.29) is 12.8 Å². The summed E-state index contributed by atoms with van der Waals surface area (Å²) in [6.45, 7) is 0. The SMILES string of the molecule is [N-]=[N+]=NC1CC(O)C(N=[N+]=[N-])C(O)C1. The molecule has 2 N–H and O–H groups in total. The van der Waals surface area contributed by atoms with Crippen molar-refractivity contribution in [1.82, 2.24) is 0 Å². The van der Waals surface area contributed by atoms with Crippen LogP contribution in [0.1, 0.15) is 12.8 Å². The molecule has 14 heavy (non-hydrogen) atoms. The summed E-state index contributed by atoms with van der Waals surface area (Å²) in [7, 11) is 0. The molecule has 1 aliphatic rings. The van der Waals surface area contributed by atoms with Gasteiger partial charge in [0.15, 0.2) is 0 Å². The third-order valence-corrected chi connectivity index (χ3v) is 2.22. The van der Waals surface area contributed by atoms with E-state index in [0.29, 0.717) is 0 Å². The number of aliphatic hydroxyl groups is 2. The molecule has 1 saturated carbocycles. The summed E-state index contributed by atoms with van der Waals surface area (Å²) < 4.78 is 0. The fraction of sp³-hybridized carbons (Fsp3) is 1.00. The molecule has 0 aromatic heterocycles. The summed E-state index contributed by atoms with van der Waals surface area (Å²) in [6, 6.07) is -1.28. The van der Waals surface area contributed by atoms with Crippen molar-refractivity contribution in [2.24, 2.45) is 10.2 Å². The van der Waals surface area contributed by atoms with Crippen molar-refractivity contribution in [3.8, 4) is 0 Å². The Kier molecular flexibility index (Phi) is 3.55. The molecule has 0 amide bonds. The average molecular weight is 198 g/mol. The third kappa shape index (κ3) is 2.27. The van der Waals surface area contributed by atoms with Gasteiger partial charge in [-0.3, -0.25) is 0 Å². The molecule has 0 saturated heterocycles. The monoisotopic (exact) mass is 198 g/mol. The summed E-state index contributed by atoms with van der Waals surface area (Å²) in [5.74, 6) is 0. The Morgan fingerprint density at radius 3 is 1.93 bits per heavy atom. The van der Waals surface area contributed by atoms with E-state index in [1.165, 1.54) is 0 Å². The molecule has 8 nitrogen and oxygen atoms in total. The highest BCUT2D eigenvalue weighted by molar-refractivity contribution is 4.94. The van der Waals surface area contributed by atoms with Crippen molar-refractivity contribution in [3.63, 3.8) is 0 Å². The molecular formula is C6H10N6O2. The fourth-order valence-corrected chi connectivity index (χ4v) is 1.57. The molecule has 1 rings (SSSR count). The molecule has 8 heteroatoms. The van der Waals surface area contributed by atoms with Crippen LogP contribution in [-0.4, -0.2) is 34.5 Å². The lowest BCUT2D eigenvalue weighted by Crippen LogP contribution is -2.44. The highest BCUT2D eigenvalue weighted by Gasteiger charge is 2.34. The predicted octanol–water partition coefficient (Wildman–Crippen LogP) is 0.860. The number of hydrogen-bond donors (Lipinski definition) is 2. The maximum atomic E-state index is 9.46. The van der Waals surface area contributed by atoms with E-state index >= 15 is 0 Å². The van der Waals surface area contributed by atoms with Crippen LogP contribution in [0, 0.1) is 0 Å². The van der Waals surface area contributed by atoms with Crippen LogP contribution in [0.15, 0.2) is 10.2 Å². The summed E-state index contributed by atoms with van der Waals surface area (Å²) >= 11 is 0. The molecule has 0 heterocycles. The van der Waals surface area contributed by atoms with E-state index in [4.69, 9.17) is 11.1 Å². The second-order valence-electron chi connectivity index (χ2n) is 3.16. The van der Waals surface area contributed by atoms with Crippen molar-refractivity contribution in [1.29, 1.82) is 0 Å². The van der Waals surface area contributed by atoms with Crippen LogP contribution in [0.5, 0.6) is 0 Å². The first-order chi connectivity index (χ1) is 6.69. The van der Waals surface area contributed by atoms with Gasteiger partial charge in [-0.1, -0.05) is 10.2 Å². The summed E-state index contributed by atoms with van der Waals surface area (Å²) in [5, 5.41) is 25.6. The molecule has 0 aromatic rings. The van der Waals surface area contributed by atoms with Crippen LogP contribution in [0.4, 0.5) is 0 Å². The van der Waals surface area contributed by atoms with E-state index in [2.05, 4.69) is 20.1 Å². The molecule has 0 radical (unpaired) electrons. The number of nitrogens with zero attached hydrogens (tertiary/aromatic N) is 6. The standard InChI is InChI=1S/C6H10N6O2/c7-11-9-3-1-4(13)6(10-12-8)5(14)2-3/h3-6,13-14H,1-2H2. The van der Waals surface area contributed by atoms with Gasteiger partial charge in [0.05, 0.1) is 18.2 Å². The highest BCUT2D eigenvalue weighted by Crippen LogP contribution is 2.24.